The van der Waals surface area contributed by atoms with Crippen molar-refractivity contribution in [3.8, 4) is 0 Å². The minimum Gasteiger partial charge on any atom is -0.445 e. The van der Waals surface area contributed by atoms with Crippen LogP contribution < -0.4 is 5.32 Å². The van der Waals surface area contributed by atoms with E-state index in [2.05, 4.69) is 32.8 Å². The molecule has 11 heteroatoms. The van der Waals surface area contributed by atoms with Gasteiger partial charge in [-0.05, 0) is 47.9 Å². The average Bonchev–Trinajstić information content (AvgIpc) is 3.56. The molecule has 0 fully saturated rings. The first-order valence-corrected chi connectivity index (χ1v) is 12.1. The molecule has 0 radical (unpaired) electrons. The highest BCUT2D eigenvalue weighted by atomic mass is 32.2. The predicted octanol–water partition coefficient (Wildman–Crippen LogP) is 5.78. The molecule has 0 aliphatic carbocycles. The van der Waals surface area contributed by atoms with Crippen LogP contribution in [0.3, 0.4) is 0 Å². The van der Waals surface area contributed by atoms with Crippen LogP contribution in [0.5, 0.6) is 0 Å². The molecule has 4 rings (SSSR count). The lowest BCUT2D eigenvalue weighted by atomic mass is 10.2. The molecule has 0 bridgehead atoms. The fraction of sp³-hybridized carbons (Fsp3) is 0.160. The second kappa shape index (κ2) is 11.6. The maximum atomic E-state index is 12.5. The molecule has 7 nitrogen and oxygen atoms in total. The van der Waals surface area contributed by atoms with E-state index in [1.54, 1.807) is 23.0 Å². The quantitative estimate of drug-likeness (QED) is 0.289. The van der Waals surface area contributed by atoms with Gasteiger partial charge in [-0.15, -0.1) is 5.10 Å². The van der Waals surface area contributed by atoms with E-state index in [1.165, 1.54) is 30.5 Å². The van der Waals surface area contributed by atoms with Crippen molar-refractivity contribution in [1.29, 1.82) is 0 Å². The molecular weight excluding hydrogens is 491 g/mol. The molecule has 0 saturated carbocycles. The molecule has 1 N–H and O–H groups in total. The summed E-state index contributed by atoms with van der Waals surface area (Å²) >= 11 is 0. The van der Waals surface area contributed by atoms with Crippen molar-refractivity contribution in [2.75, 3.05) is 5.32 Å². The number of allylic oxidation sites excluding steroid dienone is 1. The first kappa shape index (κ1) is 25.1. The van der Waals surface area contributed by atoms with Gasteiger partial charge in [0, 0.05) is 29.4 Å². The topological polar surface area (TPSA) is 85.8 Å². The summed E-state index contributed by atoms with van der Waals surface area (Å²) in [6, 6.07) is 13.3. The maximum absolute atomic E-state index is 12.5. The van der Waals surface area contributed by atoms with Gasteiger partial charge in [0.25, 0.3) is 0 Å². The molecule has 0 spiro atoms. The highest BCUT2D eigenvalue weighted by Gasteiger charge is 2.37. The number of anilines is 1. The van der Waals surface area contributed by atoms with E-state index < -0.39 is 16.3 Å². The Kier molecular flexibility index (Phi) is 8.11. The second-order valence-corrected chi connectivity index (χ2v) is 9.10. The van der Waals surface area contributed by atoms with Crippen LogP contribution in [0.4, 0.5) is 18.9 Å². The van der Waals surface area contributed by atoms with Gasteiger partial charge < -0.3 is 9.73 Å². The fourth-order valence-electron chi connectivity index (χ4n) is 3.17. The van der Waals surface area contributed by atoms with Gasteiger partial charge >= 0.3 is 5.51 Å². The van der Waals surface area contributed by atoms with Crippen LogP contribution >= 0.6 is 0 Å². The monoisotopic (exact) mass is 513 g/mol. The van der Waals surface area contributed by atoms with Gasteiger partial charge in [-0.2, -0.15) is 13.2 Å². The number of hydrogen-bond acceptors (Lipinski definition) is 6. The van der Waals surface area contributed by atoms with Crippen molar-refractivity contribution >= 4 is 34.7 Å². The van der Waals surface area contributed by atoms with E-state index in [0.717, 1.165) is 24.2 Å². The minimum absolute atomic E-state index is 0.295. The number of halogens is 3. The Hall–Kier alpha value is -3.99. The number of hydrogen-bond donors (Lipinski definition) is 1. The van der Waals surface area contributed by atoms with Crippen molar-refractivity contribution in [1.82, 2.24) is 20.0 Å². The number of nitrogens with one attached hydrogen (secondary N) is 1. The summed E-state index contributed by atoms with van der Waals surface area (Å²) in [7, 11) is -3.04. The summed E-state index contributed by atoms with van der Waals surface area (Å²) in [5, 5.41) is 11.0. The van der Waals surface area contributed by atoms with E-state index >= 15 is 0 Å². The van der Waals surface area contributed by atoms with Crippen molar-refractivity contribution < 1.29 is 21.8 Å². The van der Waals surface area contributed by atoms with Gasteiger partial charge in [-0.1, -0.05) is 41.6 Å². The number of benzene rings is 2. The Morgan fingerprint density at radius 3 is 2.42 bits per heavy atom. The Morgan fingerprint density at radius 1 is 1.00 bits per heavy atom. The van der Waals surface area contributed by atoms with Crippen molar-refractivity contribution in [2.24, 2.45) is 0 Å². The summed E-state index contributed by atoms with van der Waals surface area (Å²) in [4.78, 5) is 4.08. The molecule has 2 aromatic heterocycles. The molecule has 0 aliphatic heterocycles. The summed E-state index contributed by atoms with van der Waals surface area (Å²) in [5.74, 6) is 0.362. The highest BCUT2D eigenvalue weighted by molar-refractivity contribution is 7.86. The van der Waals surface area contributed by atoms with E-state index in [1.807, 2.05) is 30.5 Å². The number of aryl methyl sites for hydroxylation is 1. The number of oxazole rings is 1. The fourth-order valence-corrected chi connectivity index (χ4v) is 3.82. The molecular formula is C25H22F3N5O2S. The Balaban J connectivity index is 1.24. The molecule has 0 saturated heterocycles. The van der Waals surface area contributed by atoms with Gasteiger partial charge in [0.15, 0.2) is 10.8 Å². The Bertz CT molecular complexity index is 1330. The molecule has 0 aliphatic rings. The SMILES string of the molecule is O=S(c1ccc(/C=C/c2nc(CNc3ccc(/C=C/CCn4ccnn4)cc3)co2)cc1)C(F)(F)F. The Morgan fingerprint density at radius 2 is 1.72 bits per heavy atom. The summed E-state index contributed by atoms with van der Waals surface area (Å²) in [6.07, 6.45) is 13.3. The lowest BCUT2D eigenvalue weighted by molar-refractivity contribution is -0.0384. The molecule has 186 valence electrons. The number of nitrogens with zero attached hydrogens (tertiary/aromatic N) is 4. The van der Waals surface area contributed by atoms with Crippen molar-refractivity contribution in [2.45, 2.75) is 29.9 Å². The number of aromatic nitrogens is 4. The van der Waals surface area contributed by atoms with E-state index in [4.69, 9.17) is 4.42 Å². The largest absolute Gasteiger partial charge is 0.475 e. The zero-order valence-electron chi connectivity index (χ0n) is 18.9. The maximum Gasteiger partial charge on any atom is 0.475 e. The van der Waals surface area contributed by atoms with Gasteiger partial charge in [-0.25, -0.2) is 9.19 Å². The first-order chi connectivity index (χ1) is 17.4. The van der Waals surface area contributed by atoms with Crippen LogP contribution in [0.2, 0.25) is 0 Å². The highest BCUT2D eigenvalue weighted by Crippen LogP contribution is 2.26. The van der Waals surface area contributed by atoms with Crippen LogP contribution in [0, 0.1) is 0 Å². The smallest absolute Gasteiger partial charge is 0.445 e. The zero-order valence-corrected chi connectivity index (χ0v) is 19.7. The van der Waals surface area contributed by atoms with Crippen LogP contribution in [-0.4, -0.2) is 29.7 Å². The normalized spacial score (nSPS) is 13.0. The molecule has 0 amide bonds. The summed E-state index contributed by atoms with van der Waals surface area (Å²) in [6.45, 7) is 1.24. The predicted molar refractivity (Wildman–Crippen MR) is 132 cm³/mol. The lowest BCUT2D eigenvalue weighted by Crippen LogP contribution is -2.16. The first-order valence-electron chi connectivity index (χ1n) is 10.9. The molecule has 36 heavy (non-hydrogen) atoms. The van der Waals surface area contributed by atoms with Crippen LogP contribution in [0.15, 0.2) is 82.6 Å². The molecule has 2 heterocycles. The number of alkyl halides is 3. The standard InChI is InChI=1S/C25H22F3N5O2S/c26-25(27,28)36(34)23-11-6-20(7-12-23)8-13-24-31-22(18-35-24)17-29-21-9-4-19(5-10-21)3-1-2-15-33-16-14-30-32-33/h1,3-14,16,18,29H,2,15,17H2/b3-1+,13-8+. The van der Waals surface area contributed by atoms with Gasteiger partial charge in [0.2, 0.25) is 5.89 Å². The van der Waals surface area contributed by atoms with Crippen LogP contribution in [0.25, 0.3) is 18.2 Å². The second-order valence-electron chi connectivity index (χ2n) is 7.63. The van der Waals surface area contributed by atoms with Crippen molar-refractivity contribution in [3.63, 3.8) is 0 Å². The Labute approximate surface area is 207 Å². The third kappa shape index (κ3) is 7.25. The number of rotatable bonds is 10. The van der Waals surface area contributed by atoms with Gasteiger partial charge in [0.1, 0.15) is 6.26 Å². The van der Waals surface area contributed by atoms with Gasteiger partial charge in [-0.3, -0.25) is 4.68 Å². The zero-order chi connectivity index (χ0) is 25.4. The summed E-state index contributed by atoms with van der Waals surface area (Å²) < 4.78 is 56.2. The summed E-state index contributed by atoms with van der Waals surface area (Å²) in [5.41, 5.74) is -1.43. The molecule has 2 aromatic carbocycles. The van der Waals surface area contributed by atoms with E-state index in [9.17, 15) is 17.4 Å². The molecule has 4 aromatic rings. The molecule has 1 atom stereocenters. The lowest BCUT2D eigenvalue weighted by Gasteiger charge is -2.05. The minimum atomic E-state index is -4.78. The molecule has 1 unspecified atom stereocenters. The average molecular weight is 514 g/mol. The van der Waals surface area contributed by atoms with E-state index in [0.29, 0.717) is 23.7 Å². The van der Waals surface area contributed by atoms with Crippen molar-refractivity contribution in [3.05, 3.63) is 96.0 Å². The van der Waals surface area contributed by atoms with E-state index in [-0.39, 0.29) is 4.90 Å². The van der Waals surface area contributed by atoms with Crippen LogP contribution in [-0.2, 0) is 23.9 Å². The van der Waals surface area contributed by atoms with Gasteiger partial charge in [0.05, 0.1) is 18.4 Å². The van der Waals surface area contributed by atoms with Crippen LogP contribution in [0.1, 0.15) is 29.1 Å². The third-order valence-electron chi connectivity index (χ3n) is 4.98. The third-order valence-corrected chi connectivity index (χ3v) is 6.10.